The lowest BCUT2D eigenvalue weighted by Crippen LogP contribution is -2.35. The molecule has 0 radical (unpaired) electrons. The van der Waals surface area contributed by atoms with Crippen LogP contribution in [0, 0.1) is 12.7 Å². The first-order chi connectivity index (χ1) is 11.0. The minimum atomic E-state index is -1.47. The SMILES string of the molecule is Cc1ccccc1CNC(=O)C(C)S(=O)Cc1ccccc1F. The molecule has 2 aromatic rings. The van der Waals surface area contributed by atoms with Crippen LogP contribution < -0.4 is 5.32 Å². The molecule has 0 bridgehead atoms. The molecule has 5 heteroatoms. The number of nitrogens with one attached hydrogen (secondary N) is 1. The molecular weight excluding hydrogens is 313 g/mol. The Morgan fingerprint density at radius 3 is 2.39 bits per heavy atom. The highest BCUT2D eigenvalue weighted by atomic mass is 32.2. The molecule has 2 aromatic carbocycles. The van der Waals surface area contributed by atoms with E-state index in [1.807, 2.05) is 31.2 Å². The predicted molar refractivity (Wildman–Crippen MR) is 90.7 cm³/mol. The van der Waals surface area contributed by atoms with Gasteiger partial charge in [-0.2, -0.15) is 0 Å². The summed E-state index contributed by atoms with van der Waals surface area (Å²) in [5, 5.41) is 2.10. The van der Waals surface area contributed by atoms with E-state index in [2.05, 4.69) is 5.32 Å². The molecule has 2 atom stereocenters. The van der Waals surface area contributed by atoms with Crippen molar-refractivity contribution in [3.63, 3.8) is 0 Å². The molecule has 0 heterocycles. The van der Waals surface area contributed by atoms with Gasteiger partial charge in [0.2, 0.25) is 5.91 Å². The van der Waals surface area contributed by atoms with Crippen LogP contribution in [0.3, 0.4) is 0 Å². The molecular formula is C18H20FNO2S. The molecule has 2 unspecified atom stereocenters. The third-order valence-corrected chi connectivity index (χ3v) is 5.33. The van der Waals surface area contributed by atoms with Crippen LogP contribution in [0.4, 0.5) is 4.39 Å². The molecule has 1 N–H and O–H groups in total. The minimum absolute atomic E-state index is 0.0334. The zero-order valence-corrected chi connectivity index (χ0v) is 14.0. The van der Waals surface area contributed by atoms with E-state index < -0.39 is 21.9 Å². The number of carbonyl (C=O) groups is 1. The normalized spacial score (nSPS) is 13.3. The van der Waals surface area contributed by atoms with Crippen molar-refractivity contribution in [1.82, 2.24) is 5.32 Å². The second-order valence-corrected chi connectivity index (χ2v) is 7.16. The summed E-state index contributed by atoms with van der Waals surface area (Å²) in [6.45, 7) is 3.97. The largest absolute Gasteiger partial charge is 0.351 e. The fourth-order valence-electron chi connectivity index (χ4n) is 2.15. The molecule has 0 aliphatic rings. The Labute approximate surface area is 138 Å². The van der Waals surface area contributed by atoms with Crippen LogP contribution in [-0.2, 0) is 27.9 Å². The fourth-order valence-corrected chi connectivity index (χ4v) is 3.26. The smallest absolute Gasteiger partial charge is 0.235 e. The van der Waals surface area contributed by atoms with Gasteiger partial charge in [0.15, 0.2) is 0 Å². The lowest BCUT2D eigenvalue weighted by molar-refractivity contribution is -0.120. The number of amides is 1. The molecule has 23 heavy (non-hydrogen) atoms. The van der Waals surface area contributed by atoms with Crippen LogP contribution in [0.1, 0.15) is 23.6 Å². The van der Waals surface area contributed by atoms with Gasteiger partial charge in [-0.3, -0.25) is 9.00 Å². The van der Waals surface area contributed by atoms with Crippen molar-refractivity contribution >= 4 is 16.7 Å². The van der Waals surface area contributed by atoms with E-state index in [1.54, 1.807) is 25.1 Å². The first-order valence-electron chi connectivity index (χ1n) is 7.42. The van der Waals surface area contributed by atoms with Crippen LogP contribution in [0.2, 0.25) is 0 Å². The highest BCUT2D eigenvalue weighted by molar-refractivity contribution is 7.85. The molecule has 0 spiro atoms. The Morgan fingerprint density at radius 2 is 1.74 bits per heavy atom. The van der Waals surface area contributed by atoms with Gasteiger partial charge >= 0.3 is 0 Å². The summed E-state index contributed by atoms with van der Waals surface area (Å²) in [4.78, 5) is 12.1. The van der Waals surface area contributed by atoms with Crippen molar-refractivity contribution in [3.8, 4) is 0 Å². The van der Waals surface area contributed by atoms with E-state index in [4.69, 9.17) is 0 Å². The summed E-state index contributed by atoms with van der Waals surface area (Å²) in [7, 11) is -1.47. The molecule has 0 aliphatic carbocycles. The van der Waals surface area contributed by atoms with E-state index >= 15 is 0 Å². The van der Waals surface area contributed by atoms with E-state index in [9.17, 15) is 13.4 Å². The van der Waals surface area contributed by atoms with Crippen LogP contribution in [0.5, 0.6) is 0 Å². The average Bonchev–Trinajstić information content (AvgIpc) is 2.55. The molecule has 0 saturated heterocycles. The molecule has 122 valence electrons. The number of hydrogen-bond acceptors (Lipinski definition) is 2. The lowest BCUT2D eigenvalue weighted by atomic mass is 10.1. The third-order valence-electron chi connectivity index (χ3n) is 3.73. The Hall–Kier alpha value is -2.01. The topological polar surface area (TPSA) is 46.2 Å². The fraction of sp³-hybridized carbons (Fsp3) is 0.278. The lowest BCUT2D eigenvalue weighted by Gasteiger charge is -2.13. The second-order valence-electron chi connectivity index (χ2n) is 5.40. The van der Waals surface area contributed by atoms with Crippen molar-refractivity contribution in [2.45, 2.75) is 31.4 Å². The first kappa shape index (κ1) is 17.3. The highest BCUT2D eigenvalue weighted by Crippen LogP contribution is 2.12. The maximum Gasteiger partial charge on any atom is 0.235 e. The van der Waals surface area contributed by atoms with Crippen LogP contribution >= 0.6 is 0 Å². The Balaban J connectivity index is 1.93. The standard InChI is InChI=1S/C18H20FNO2S/c1-13-7-3-4-8-15(13)11-20-18(21)14(2)23(22)12-16-9-5-6-10-17(16)19/h3-10,14H,11-12H2,1-2H3,(H,20,21). The summed E-state index contributed by atoms with van der Waals surface area (Å²) in [6, 6.07) is 14.0. The van der Waals surface area contributed by atoms with Crippen molar-refractivity contribution in [2.75, 3.05) is 0 Å². The van der Waals surface area contributed by atoms with Crippen molar-refractivity contribution < 1.29 is 13.4 Å². The minimum Gasteiger partial charge on any atom is -0.351 e. The number of hydrogen-bond donors (Lipinski definition) is 1. The predicted octanol–water partition coefficient (Wildman–Crippen LogP) is 3.09. The Kier molecular flexibility index (Phi) is 6.04. The Morgan fingerprint density at radius 1 is 1.13 bits per heavy atom. The molecule has 0 aliphatic heterocycles. The van der Waals surface area contributed by atoms with Gasteiger partial charge in [0.1, 0.15) is 11.1 Å². The summed E-state index contributed by atoms with van der Waals surface area (Å²) < 4.78 is 25.9. The van der Waals surface area contributed by atoms with Gasteiger partial charge < -0.3 is 5.32 Å². The van der Waals surface area contributed by atoms with Gasteiger partial charge in [-0.15, -0.1) is 0 Å². The van der Waals surface area contributed by atoms with E-state index in [1.165, 1.54) is 6.07 Å². The van der Waals surface area contributed by atoms with Crippen LogP contribution in [0.15, 0.2) is 48.5 Å². The van der Waals surface area contributed by atoms with Crippen molar-refractivity contribution in [3.05, 3.63) is 71.0 Å². The second kappa shape index (κ2) is 8.02. The van der Waals surface area contributed by atoms with Gasteiger partial charge in [-0.1, -0.05) is 42.5 Å². The van der Waals surface area contributed by atoms with E-state index in [-0.39, 0.29) is 11.7 Å². The van der Waals surface area contributed by atoms with Gasteiger partial charge in [-0.05, 0) is 31.0 Å². The van der Waals surface area contributed by atoms with Gasteiger partial charge in [-0.25, -0.2) is 4.39 Å². The highest BCUT2D eigenvalue weighted by Gasteiger charge is 2.21. The zero-order valence-electron chi connectivity index (χ0n) is 13.2. The number of aryl methyl sites for hydroxylation is 1. The van der Waals surface area contributed by atoms with Gasteiger partial charge in [0, 0.05) is 22.9 Å². The maximum absolute atomic E-state index is 13.6. The summed E-state index contributed by atoms with van der Waals surface area (Å²) in [6.07, 6.45) is 0. The number of halogens is 1. The number of rotatable bonds is 6. The van der Waals surface area contributed by atoms with Crippen molar-refractivity contribution in [2.24, 2.45) is 0 Å². The van der Waals surface area contributed by atoms with Crippen LogP contribution in [-0.4, -0.2) is 15.4 Å². The molecule has 1 amide bonds. The summed E-state index contributed by atoms with van der Waals surface area (Å²) in [5.74, 6) is -0.651. The molecule has 0 aromatic heterocycles. The summed E-state index contributed by atoms with van der Waals surface area (Å²) >= 11 is 0. The monoisotopic (exact) mass is 333 g/mol. The van der Waals surface area contributed by atoms with E-state index in [0.717, 1.165) is 11.1 Å². The van der Waals surface area contributed by atoms with Gasteiger partial charge in [0.05, 0.1) is 5.75 Å². The maximum atomic E-state index is 13.6. The third kappa shape index (κ3) is 4.73. The Bertz CT molecular complexity index is 718. The van der Waals surface area contributed by atoms with Gasteiger partial charge in [0.25, 0.3) is 0 Å². The number of benzene rings is 2. The molecule has 0 saturated carbocycles. The number of carbonyl (C=O) groups excluding carboxylic acids is 1. The average molecular weight is 333 g/mol. The molecule has 2 rings (SSSR count). The first-order valence-corrected chi connectivity index (χ1v) is 8.80. The molecule has 0 fully saturated rings. The quantitative estimate of drug-likeness (QED) is 0.883. The van der Waals surface area contributed by atoms with Crippen LogP contribution in [0.25, 0.3) is 0 Å². The van der Waals surface area contributed by atoms with E-state index in [0.29, 0.717) is 12.1 Å². The van der Waals surface area contributed by atoms with Crippen molar-refractivity contribution in [1.29, 1.82) is 0 Å². The molecule has 3 nitrogen and oxygen atoms in total. The summed E-state index contributed by atoms with van der Waals surface area (Å²) in [5.41, 5.74) is 2.48. The zero-order chi connectivity index (χ0) is 16.8.